The number of rotatable bonds is 5. The summed E-state index contributed by atoms with van der Waals surface area (Å²) >= 11 is 0. The Morgan fingerprint density at radius 3 is 2.65 bits per heavy atom. The molecule has 1 N–H and O–H groups in total. The van der Waals surface area contributed by atoms with Crippen molar-refractivity contribution < 1.29 is 22.9 Å². The fourth-order valence-electron chi connectivity index (χ4n) is 2.63. The number of aryl methyl sites for hydroxylation is 1. The number of nitro groups is 1. The zero-order valence-corrected chi connectivity index (χ0v) is 13.7. The van der Waals surface area contributed by atoms with Crippen molar-refractivity contribution in [3.05, 3.63) is 51.3 Å². The second-order valence-corrected chi connectivity index (χ2v) is 6.21. The van der Waals surface area contributed by atoms with Crippen LogP contribution in [0.1, 0.15) is 35.7 Å². The number of carbonyl (C=O) groups is 1. The molecule has 3 rings (SSSR count). The Morgan fingerprint density at radius 2 is 2.08 bits per heavy atom. The summed E-state index contributed by atoms with van der Waals surface area (Å²) in [6, 6.07) is 5.24. The number of carbonyl (C=O) groups excluding carboxylic acids is 1. The van der Waals surface area contributed by atoms with Gasteiger partial charge in [0.1, 0.15) is 12.2 Å². The van der Waals surface area contributed by atoms with Crippen LogP contribution in [0.15, 0.2) is 24.3 Å². The monoisotopic (exact) mass is 368 g/mol. The van der Waals surface area contributed by atoms with Crippen LogP contribution in [-0.4, -0.2) is 20.6 Å². The third-order valence-electron chi connectivity index (χ3n) is 4.01. The number of hydrogen-bond acceptors (Lipinski definition) is 4. The van der Waals surface area contributed by atoms with Gasteiger partial charge >= 0.3 is 6.18 Å². The molecule has 1 aromatic carbocycles. The number of anilines is 1. The van der Waals surface area contributed by atoms with Gasteiger partial charge in [0, 0.05) is 17.7 Å². The van der Waals surface area contributed by atoms with E-state index in [9.17, 15) is 28.1 Å². The van der Waals surface area contributed by atoms with E-state index < -0.39 is 29.2 Å². The van der Waals surface area contributed by atoms with Crippen molar-refractivity contribution in [3.8, 4) is 0 Å². The van der Waals surface area contributed by atoms with Crippen LogP contribution in [0.5, 0.6) is 0 Å². The first-order chi connectivity index (χ1) is 12.1. The Labute approximate surface area is 146 Å². The highest BCUT2D eigenvalue weighted by Gasteiger charge is 2.38. The van der Waals surface area contributed by atoms with Crippen LogP contribution < -0.4 is 5.32 Å². The second kappa shape index (κ2) is 6.43. The third kappa shape index (κ3) is 3.84. The molecule has 7 nitrogen and oxygen atoms in total. The van der Waals surface area contributed by atoms with Crippen molar-refractivity contribution in [1.29, 1.82) is 0 Å². The SMILES string of the molecule is Cc1ccc(NC(=O)Cn2nc(C(F)(F)F)cc2C2CC2)c([N+](=O)[O-])c1. The maximum atomic E-state index is 12.9. The average molecular weight is 368 g/mol. The zero-order valence-electron chi connectivity index (χ0n) is 13.7. The Hall–Kier alpha value is -2.91. The molecule has 2 aromatic rings. The lowest BCUT2D eigenvalue weighted by Gasteiger charge is -2.09. The van der Waals surface area contributed by atoms with Gasteiger partial charge < -0.3 is 5.32 Å². The van der Waals surface area contributed by atoms with Crippen molar-refractivity contribution in [1.82, 2.24) is 9.78 Å². The van der Waals surface area contributed by atoms with Gasteiger partial charge in [-0.1, -0.05) is 6.07 Å². The number of alkyl halides is 3. The molecule has 1 saturated carbocycles. The minimum atomic E-state index is -4.60. The van der Waals surface area contributed by atoms with E-state index >= 15 is 0 Å². The molecule has 0 radical (unpaired) electrons. The smallest absolute Gasteiger partial charge is 0.319 e. The zero-order chi connectivity index (χ0) is 19.1. The van der Waals surface area contributed by atoms with Crippen LogP contribution in [0.4, 0.5) is 24.5 Å². The van der Waals surface area contributed by atoms with E-state index in [1.54, 1.807) is 13.0 Å². The number of nitro benzene ring substituents is 1. The van der Waals surface area contributed by atoms with Gasteiger partial charge in [-0.05, 0) is 37.5 Å². The highest BCUT2D eigenvalue weighted by Crippen LogP contribution is 2.42. The van der Waals surface area contributed by atoms with Crippen LogP contribution in [0.25, 0.3) is 0 Å². The molecule has 0 spiro atoms. The molecule has 10 heteroatoms. The van der Waals surface area contributed by atoms with Crippen molar-refractivity contribution in [2.24, 2.45) is 0 Å². The summed E-state index contributed by atoms with van der Waals surface area (Å²) in [5.41, 5.74) is -0.342. The van der Waals surface area contributed by atoms with Gasteiger partial charge in [-0.2, -0.15) is 18.3 Å². The fraction of sp³-hybridized carbons (Fsp3) is 0.375. The molecule has 0 atom stereocenters. The summed E-state index contributed by atoms with van der Waals surface area (Å²) in [6.07, 6.45) is -3.11. The standard InChI is InChI=1S/C16H15F3N4O3/c1-9-2-5-11(13(6-9)23(25)26)20-15(24)8-22-12(10-3-4-10)7-14(21-22)16(17,18)19/h2,5-7,10H,3-4,8H2,1H3,(H,20,24). The molecule has 138 valence electrons. The highest BCUT2D eigenvalue weighted by atomic mass is 19.4. The molecule has 0 bridgehead atoms. The molecule has 1 aliphatic carbocycles. The van der Waals surface area contributed by atoms with Gasteiger partial charge in [0.25, 0.3) is 5.69 Å². The lowest BCUT2D eigenvalue weighted by molar-refractivity contribution is -0.384. The van der Waals surface area contributed by atoms with E-state index in [0.29, 0.717) is 11.3 Å². The Balaban J connectivity index is 1.81. The van der Waals surface area contributed by atoms with Crippen LogP contribution in [0.3, 0.4) is 0 Å². The first-order valence-corrected chi connectivity index (χ1v) is 7.85. The molecule has 1 amide bonds. The topological polar surface area (TPSA) is 90.1 Å². The molecule has 1 heterocycles. The maximum Gasteiger partial charge on any atom is 0.435 e. The van der Waals surface area contributed by atoms with Crippen molar-refractivity contribution in [2.45, 2.75) is 38.4 Å². The summed E-state index contributed by atoms with van der Waals surface area (Å²) in [5.74, 6) is -0.726. The van der Waals surface area contributed by atoms with Crippen molar-refractivity contribution in [2.75, 3.05) is 5.32 Å². The van der Waals surface area contributed by atoms with E-state index in [0.717, 1.165) is 23.6 Å². The van der Waals surface area contributed by atoms with Gasteiger partial charge in [0.05, 0.1) is 4.92 Å². The summed E-state index contributed by atoms with van der Waals surface area (Å²) in [7, 11) is 0. The summed E-state index contributed by atoms with van der Waals surface area (Å²) < 4.78 is 39.7. The number of hydrogen-bond donors (Lipinski definition) is 1. The number of halogens is 3. The van der Waals surface area contributed by atoms with E-state index in [1.807, 2.05) is 0 Å². The molecular weight excluding hydrogens is 353 g/mol. The van der Waals surface area contributed by atoms with E-state index in [1.165, 1.54) is 12.1 Å². The average Bonchev–Trinajstić information content (AvgIpc) is 3.28. The van der Waals surface area contributed by atoms with Crippen LogP contribution >= 0.6 is 0 Å². The summed E-state index contributed by atoms with van der Waals surface area (Å²) in [4.78, 5) is 22.7. The molecule has 1 fully saturated rings. The summed E-state index contributed by atoms with van der Waals surface area (Å²) in [5, 5.41) is 17.0. The Bertz CT molecular complexity index is 872. The largest absolute Gasteiger partial charge is 0.435 e. The third-order valence-corrected chi connectivity index (χ3v) is 4.01. The van der Waals surface area contributed by atoms with Crippen LogP contribution in [0, 0.1) is 17.0 Å². The molecular formula is C16H15F3N4O3. The van der Waals surface area contributed by atoms with Crippen molar-refractivity contribution in [3.63, 3.8) is 0 Å². The molecule has 26 heavy (non-hydrogen) atoms. The van der Waals surface area contributed by atoms with E-state index in [2.05, 4.69) is 10.4 Å². The van der Waals surface area contributed by atoms with Gasteiger partial charge in [-0.15, -0.1) is 0 Å². The summed E-state index contributed by atoms with van der Waals surface area (Å²) in [6.45, 7) is 1.22. The number of benzene rings is 1. The lowest BCUT2D eigenvalue weighted by Crippen LogP contribution is -2.21. The normalized spacial score (nSPS) is 14.3. The van der Waals surface area contributed by atoms with Crippen LogP contribution in [-0.2, 0) is 17.5 Å². The predicted molar refractivity (Wildman–Crippen MR) is 85.7 cm³/mol. The van der Waals surface area contributed by atoms with E-state index in [-0.39, 0.29) is 17.3 Å². The minimum Gasteiger partial charge on any atom is -0.319 e. The van der Waals surface area contributed by atoms with E-state index in [4.69, 9.17) is 0 Å². The second-order valence-electron chi connectivity index (χ2n) is 6.21. The fourth-order valence-corrected chi connectivity index (χ4v) is 2.63. The first kappa shape index (κ1) is 17.9. The van der Waals surface area contributed by atoms with Gasteiger partial charge in [0.2, 0.25) is 5.91 Å². The number of aromatic nitrogens is 2. The number of nitrogens with one attached hydrogen (secondary N) is 1. The number of amides is 1. The van der Waals surface area contributed by atoms with Gasteiger partial charge in [-0.3, -0.25) is 19.6 Å². The van der Waals surface area contributed by atoms with Gasteiger partial charge in [0.15, 0.2) is 5.69 Å². The molecule has 0 unspecified atom stereocenters. The molecule has 0 aliphatic heterocycles. The molecule has 1 aromatic heterocycles. The highest BCUT2D eigenvalue weighted by molar-refractivity contribution is 5.93. The minimum absolute atomic E-state index is 0.0122. The Kier molecular flexibility index (Phi) is 4.43. The molecule has 0 saturated heterocycles. The van der Waals surface area contributed by atoms with Gasteiger partial charge in [-0.25, -0.2) is 0 Å². The van der Waals surface area contributed by atoms with Crippen molar-refractivity contribution >= 4 is 17.3 Å². The van der Waals surface area contributed by atoms with Crippen LogP contribution in [0.2, 0.25) is 0 Å². The Morgan fingerprint density at radius 1 is 1.38 bits per heavy atom. The number of nitrogens with zero attached hydrogens (tertiary/aromatic N) is 3. The maximum absolute atomic E-state index is 12.9. The first-order valence-electron chi connectivity index (χ1n) is 7.85. The lowest BCUT2D eigenvalue weighted by atomic mass is 10.2. The predicted octanol–water partition coefficient (Wildman–Crippen LogP) is 3.63. The molecule has 1 aliphatic rings. The quantitative estimate of drug-likeness (QED) is 0.644.